The van der Waals surface area contributed by atoms with Crippen LogP contribution in [0, 0.1) is 19.7 Å². The predicted molar refractivity (Wildman–Crippen MR) is 105 cm³/mol. The van der Waals surface area contributed by atoms with Crippen LogP contribution in [0.5, 0.6) is 5.75 Å². The van der Waals surface area contributed by atoms with Crippen LogP contribution < -0.4 is 10.1 Å². The summed E-state index contributed by atoms with van der Waals surface area (Å²) in [4.78, 5) is 16.5. The average molecular weight is 435 g/mol. The molecule has 0 aliphatic rings. The average Bonchev–Trinajstić information content (AvgIpc) is 3.03. The number of hydrogen-bond donors (Lipinski definition) is 1. The first-order chi connectivity index (χ1) is 12.4. The summed E-state index contributed by atoms with van der Waals surface area (Å²) in [5.74, 6) is 0.120. The van der Waals surface area contributed by atoms with E-state index in [0.29, 0.717) is 16.6 Å². The molecular formula is C19H16BrFN2O2S. The minimum Gasteiger partial charge on any atom is -0.483 e. The Kier molecular flexibility index (Phi) is 5.68. The molecule has 0 saturated carbocycles. The molecule has 0 unspecified atom stereocenters. The number of nitrogens with one attached hydrogen (secondary N) is 1. The van der Waals surface area contributed by atoms with Gasteiger partial charge in [-0.25, -0.2) is 9.37 Å². The molecule has 3 aromatic rings. The van der Waals surface area contributed by atoms with E-state index in [1.54, 1.807) is 12.1 Å². The van der Waals surface area contributed by atoms with E-state index in [4.69, 9.17) is 4.74 Å². The third kappa shape index (κ3) is 4.47. The third-order valence-corrected chi connectivity index (χ3v) is 4.88. The number of rotatable bonds is 5. The molecule has 0 aliphatic heterocycles. The van der Waals surface area contributed by atoms with Crippen molar-refractivity contribution in [2.75, 3.05) is 11.9 Å². The van der Waals surface area contributed by atoms with E-state index in [-0.39, 0.29) is 18.3 Å². The molecule has 0 atom stereocenters. The third-order valence-electron chi connectivity index (χ3n) is 3.66. The summed E-state index contributed by atoms with van der Waals surface area (Å²) in [7, 11) is 0. The first-order valence-electron chi connectivity index (χ1n) is 7.83. The standard InChI is InChI=1S/C19H16BrFN2O2S/c1-11-7-14(20)8-12(2)18(11)25-9-17(24)23-19-22-16(10-26-19)13-3-5-15(21)6-4-13/h3-8,10H,9H2,1-2H3,(H,22,23,24). The summed E-state index contributed by atoms with van der Waals surface area (Å²) in [6.07, 6.45) is 0. The maximum Gasteiger partial charge on any atom is 0.264 e. The molecule has 0 saturated heterocycles. The highest BCUT2D eigenvalue weighted by atomic mass is 79.9. The molecule has 1 heterocycles. The Morgan fingerprint density at radius 3 is 2.54 bits per heavy atom. The van der Waals surface area contributed by atoms with Crippen molar-refractivity contribution in [3.8, 4) is 17.0 Å². The summed E-state index contributed by atoms with van der Waals surface area (Å²) in [6.45, 7) is 3.76. The van der Waals surface area contributed by atoms with E-state index in [0.717, 1.165) is 21.2 Å². The number of nitrogens with zero attached hydrogens (tertiary/aromatic N) is 1. The van der Waals surface area contributed by atoms with E-state index < -0.39 is 0 Å². The summed E-state index contributed by atoms with van der Waals surface area (Å²) in [6, 6.07) is 9.94. The molecular weight excluding hydrogens is 419 g/mol. The number of hydrogen-bond acceptors (Lipinski definition) is 4. The van der Waals surface area contributed by atoms with Crippen molar-refractivity contribution in [1.82, 2.24) is 4.98 Å². The Labute approximate surface area is 163 Å². The van der Waals surface area contributed by atoms with Crippen LogP contribution in [0.15, 0.2) is 46.3 Å². The highest BCUT2D eigenvalue weighted by Gasteiger charge is 2.11. The highest BCUT2D eigenvalue weighted by Crippen LogP contribution is 2.28. The first-order valence-corrected chi connectivity index (χ1v) is 9.50. The predicted octanol–water partition coefficient (Wildman–Crippen LogP) is 5.35. The molecule has 0 radical (unpaired) electrons. The minimum absolute atomic E-state index is 0.102. The number of thiazole rings is 1. The van der Waals surface area contributed by atoms with E-state index in [9.17, 15) is 9.18 Å². The fraction of sp³-hybridized carbons (Fsp3) is 0.158. The van der Waals surface area contributed by atoms with Gasteiger partial charge in [0, 0.05) is 15.4 Å². The Bertz CT molecular complexity index is 918. The Balaban J connectivity index is 1.62. The van der Waals surface area contributed by atoms with Crippen LogP contribution in [0.1, 0.15) is 11.1 Å². The highest BCUT2D eigenvalue weighted by molar-refractivity contribution is 9.10. The Hall–Kier alpha value is -2.25. The zero-order valence-corrected chi connectivity index (χ0v) is 16.6. The molecule has 2 aromatic carbocycles. The van der Waals surface area contributed by atoms with Crippen molar-refractivity contribution >= 4 is 38.3 Å². The molecule has 4 nitrogen and oxygen atoms in total. The number of carbonyl (C=O) groups excluding carboxylic acids is 1. The van der Waals surface area contributed by atoms with Crippen LogP contribution in [-0.2, 0) is 4.79 Å². The monoisotopic (exact) mass is 434 g/mol. The van der Waals surface area contributed by atoms with Gasteiger partial charge >= 0.3 is 0 Å². The zero-order chi connectivity index (χ0) is 18.7. The van der Waals surface area contributed by atoms with Crippen molar-refractivity contribution in [3.05, 3.63) is 63.2 Å². The molecule has 3 rings (SSSR count). The van der Waals surface area contributed by atoms with Gasteiger partial charge in [0.2, 0.25) is 0 Å². The summed E-state index contributed by atoms with van der Waals surface area (Å²) in [5, 5.41) is 5.01. The van der Waals surface area contributed by atoms with Gasteiger partial charge in [-0.15, -0.1) is 11.3 Å². The van der Waals surface area contributed by atoms with E-state index >= 15 is 0 Å². The number of aromatic nitrogens is 1. The lowest BCUT2D eigenvalue weighted by molar-refractivity contribution is -0.118. The van der Waals surface area contributed by atoms with Gasteiger partial charge in [-0.05, 0) is 61.4 Å². The van der Waals surface area contributed by atoms with Gasteiger partial charge in [-0.2, -0.15) is 0 Å². The van der Waals surface area contributed by atoms with Crippen molar-refractivity contribution in [2.24, 2.45) is 0 Å². The molecule has 0 aliphatic carbocycles. The van der Waals surface area contributed by atoms with Crippen LogP contribution in [0.4, 0.5) is 9.52 Å². The van der Waals surface area contributed by atoms with Gasteiger partial charge in [-0.1, -0.05) is 15.9 Å². The lowest BCUT2D eigenvalue weighted by atomic mass is 10.1. The fourth-order valence-corrected chi connectivity index (χ4v) is 3.93. The minimum atomic E-state index is -0.298. The first kappa shape index (κ1) is 18.5. The zero-order valence-electron chi connectivity index (χ0n) is 14.2. The number of anilines is 1. The number of carbonyl (C=O) groups is 1. The van der Waals surface area contributed by atoms with Crippen molar-refractivity contribution in [3.63, 3.8) is 0 Å². The molecule has 7 heteroatoms. The topological polar surface area (TPSA) is 51.2 Å². The van der Waals surface area contributed by atoms with Crippen LogP contribution >= 0.6 is 27.3 Å². The molecule has 0 fully saturated rings. The Morgan fingerprint density at radius 1 is 1.23 bits per heavy atom. The number of benzene rings is 2. The van der Waals surface area contributed by atoms with Crippen LogP contribution in [0.2, 0.25) is 0 Å². The van der Waals surface area contributed by atoms with Crippen molar-refractivity contribution in [2.45, 2.75) is 13.8 Å². The number of ether oxygens (including phenoxy) is 1. The summed E-state index contributed by atoms with van der Waals surface area (Å²) < 4.78 is 19.6. The van der Waals surface area contributed by atoms with Crippen LogP contribution in [0.3, 0.4) is 0 Å². The molecule has 1 aromatic heterocycles. The molecule has 134 valence electrons. The van der Waals surface area contributed by atoms with E-state index in [1.807, 2.05) is 31.4 Å². The van der Waals surface area contributed by atoms with Gasteiger partial charge in [0.1, 0.15) is 11.6 Å². The number of amides is 1. The van der Waals surface area contributed by atoms with Crippen molar-refractivity contribution in [1.29, 1.82) is 0 Å². The quantitative estimate of drug-likeness (QED) is 0.588. The molecule has 1 amide bonds. The van der Waals surface area contributed by atoms with E-state index in [1.165, 1.54) is 23.5 Å². The van der Waals surface area contributed by atoms with Gasteiger partial charge in [0.05, 0.1) is 5.69 Å². The second-order valence-electron chi connectivity index (χ2n) is 5.75. The normalized spacial score (nSPS) is 10.6. The summed E-state index contributed by atoms with van der Waals surface area (Å²) in [5.41, 5.74) is 3.39. The van der Waals surface area contributed by atoms with Crippen molar-refractivity contribution < 1.29 is 13.9 Å². The van der Waals surface area contributed by atoms with Crippen LogP contribution in [-0.4, -0.2) is 17.5 Å². The van der Waals surface area contributed by atoms with Gasteiger partial charge in [0.15, 0.2) is 11.7 Å². The molecule has 1 N–H and O–H groups in total. The fourth-order valence-electron chi connectivity index (χ4n) is 2.50. The molecule has 26 heavy (non-hydrogen) atoms. The maximum absolute atomic E-state index is 13.0. The largest absolute Gasteiger partial charge is 0.483 e. The van der Waals surface area contributed by atoms with Gasteiger partial charge < -0.3 is 4.74 Å². The van der Waals surface area contributed by atoms with Gasteiger partial charge in [-0.3, -0.25) is 10.1 Å². The van der Waals surface area contributed by atoms with Crippen LogP contribution in [0.25, 0.3) is 11.3 Å². The lowest BCUT2D eigenvalue weighted by Gasteiger charge is -2.12. The second kappa shape index (κ2) is 7.97. The molecule has 0 bridgehead atoms. The number of halogens is 2. The Morgan fingerprint density at radius 2 is 1.88 bits per heavy atom. The maximum atomic E-state index is 13.0. The number of aryl methyl sites for hydroxylation is 2. The summed E-state index contributed by atoms with van der Waals surface area (Å²) >= 11 is 4.74. The molecule has 0 spiro atoms. The van der Waals surface area contributed by atoms with Gasteiger partial charge in [0.25, 0.3) is 5.91 Å². The SMILES string of the molecule is Cc1cc(Br)cc(C)c1OCC(=O)Nc1nc(-c2ccc(F)cc2)cs1. The lowest BCUT2D eigenvalue weighted by Crippen LogP contribution is -2.20. The smallest absolute Gasteiger partial charge is 0.264 e. The second-order valence-corrected chi connectivity index (χ2v) is 7.52. The van der Waals surface area contributed by atoms with E-state index in [2.05, 4.69) is 26.2 Å².